The molecule has 0 saturated heterocycles. The fourth-order valence-corrected chi connectivity index (χ4v) is 1.99. The molecule has 0 saturated carbocycles. The Kier molecular flexibility index (Phi) is 2.95. The maximum absolute atomic E-state index is 12.0. The Bertz CT molecular complexity index is 482. The lowest BCUT2D eigenvalue weighted by atomic mass is 9.95. The molecule has 0 aromatic heterocycles. The van der Waals surface area contributed by atoms with Gasteiger partial charge in [0.25, 0.3) is 0 Å². The summed E-state index contributed by atoms with van der Waals surface area (Å²) >= 11 is 0. The smallest absolute Gasteiger partial charge is 0.249 e. The van der Waals surface area contributed by atoms with E-state index >= 15 is 0 Å². The molecule has 1 aliphatic heterocycles. The van der Waals surface area contributed by atoms with E-state index in [1.165, 1.54) is 6.08 Å². The second kappa shape index (κ2) is 4.41. The quantitative estimate of drug-likeness (QED) is 0.771. The van der Waals surface area contributed by atoms with Gasteiger partial charge < -0.3 is 10.2 Å². The summed E-state index contributed by atoms with van der Waals surface area (Å²) in [6.45, 7) is 3.97. The van der Waals surface area contributed by atoms with Gasteiger partial charge in [0.05, 0.1) is 0 Å². The third-order valence-electron chi connectivity index (χ3n) is 2.87. The van der Waals surface area contributed by atoms with Gasteiger partial charge in [-0.3, -0.25) is 9.59 Å². The van der Waals surface area contributed by atoms with Crippen molar-refractivity contribution < 1.29 is 9.59 Å². The molecule has 17 heavy (non-hydrogen) atoms. The first-order chi connectivity index (χ1) is 8.13. The van der Waals surface area contributed by atoms with Crippen molar-refractivity contribution >= 4 is 11.8 Å². The standard InChI is InChI=1S/C13H14N2O2/c1-3-11(16)14-12-10-7-5-4-6-9(10)8-15(2)13(12)17/h3-7,12H,1,8H2,2H3,(H,14,16). The minimum Gasteiger partial charge on any atom is -0.339 e. The van der Waals surface area contributed by atoms with Gasteiger partial charge in [-0.2, -0.15) is 0 Å². The normalized spacial score (nSPS) is 18.5. The highest BCUT2D eigenvalue weighted by Gasteiger charge is 2.31. The molecule has 0 spiro atoms. The first-order valence-corrected chi connectivity index (χ1v) is 5.39. The predicted molar refractivity (Wildman–Crippen MR) is 64.0 cm³/mol. The number of nitrogens with zero attached hydrogens (tertiary/aromatic N) is 1. The van der Waals surface area contributed by atoms with E-state index in [1.54, 1.807) is 11.9 Å². The monoisotopic (exact) mass is 230 g/mol. The molecule has 1 aromatic rings. The fourth-order valence-electron chi connectivity index (χ4n) is 1.99. The zero-order valence-electron chi connectivity index (χ0n) is 9.64. The van der Waals surface area contributed by atoms with E-state index < -0.39 is 6.04 Å². The summed E-state index contributed by atoms with van der Waals surface area (Å²) in [5.74, 6) is -0.438. The van der Waals surface area contributed by atoms with Crippen LogP contribution in [0.4, 0.5) is 0 Å². The lowest BCUT2D eigenvalue weighted by Crippen LogP contribution is -2.44. The number of amides is 2. The second-order valence-electron chi connectivity index (χ2n) is 4.04. The van der Waals surface area contributed by atoms with E-state index in [1.807, 2.05) is 24.3 Å². The predicted octanol–water partition coefficient (Wildman–Crippen LogP) is 1.00. The van der Waals surface area contributed by atoms with Crippen molar-refractivity contribution in [3.05, 3.63) is 48.0 Å². The van der Waals surface area contributed by atoms with Crippen LogP contribution in [0.2, 0.25) is 0 Å². The van der Waals surface area contributed by atoms with Crippen LogP contribution in [0.15, 0.2) is 36.9 Å². The molecule has 4 heteroatoms. The summed E-state index contributed by atoms with van der Waals surface area (Å²) in [5, 5.41) is 2.66. The van der Waals surface area contributed by atoms with Crippen LogP contribution in [-0.2, 0) is 16.1 Å². The number of carbonyl (C=O) groups is 2. The molecule has 0 aliphatic carbocycles. The van der Waals surface area contributed by atoms with Crippen LogP contribution in [0.5, 0.6) is 0 Å². The molecule has 88 valence electrons. The van der Waals surface area contributed by atoms with Crippen molar-refractivity contribution in [1.82, 2.24) is 10.2 Å². The molecule has 1 aromatic carbocycles. The van der Waals surface area contributed by atoms with Crippen LogP contribution in [-0.4, -0.2) is 23.8 Å². The number of nitrogens with one attached hydrogen (secondary N) is 1. The van der Waals surface area contributed by atoms with Gasteiger partial charge in [-0.15, -0.1) is 0 Å². The average molecular weight is 230 g/mol. The van der Waals surface area contributed by atoms with Crippen LogP contribution in [0.1, 0.15) is 17.2 Å². The van der Waals surface area contributed by atoms with Crippen LogP contribution in [0.3, 0.4) is 0 Å². The molecule has 0 bridgehead atoms. The number of hydrogen-bond donors (Lipinski definition) is 1. The van der Waals surface area contributed by atoms with E-state index in [9.17, 15) is 9.59 Å². The fraction of sp³-hybridized carbons (Fsp3) is 0.231. The minimum atomic E-state index is -0.601. The molecule has 1 heterocycles. The van der Waals surface area contributed by atoms with Crippen molar-refractivity contribution in [2.45, 2.75) is 12.6 Å². The van der Waals surface area contributed by atoms with E-state index in [0.717, 1.165) is 11.1 Å². The molecule has 0 radical (unpaired) electrons. The number of likely N-dealkylation sites (N-methyl/N-ethyl adjacent to an activating group) is 1. The van der Waals surface area contributed by atoms with Gasteiger partial charge in [0.15, 0.2) is 0 Å². The van der Waals surface area contributed by atoms with Gasteiger partial charge in [0.1, 0.15) is 6.04 Å². The third-order valence-corrected chi connectivity index (χ3v) is 2.87. The Morgan fingerprint density at radius 1 is 1.53 bits per heavy atom. The number of fused-ring (bicyclic) bond motifs is 1. The Labute approximate surface area is 99.9 Å². The second-order valence-corrected chi connectivity index (χ2v) is 4.04. The molecule has 1 atom stereocenters. The van der Waals surface area contributed by atoms with Gasteiger partial charge in [0.2, 0.25) is 11.8 Å². The van der Waals surface area contributed by atoms with Crippen molar-refractivity contribution in [3.63, 3.8) is 0 Å². The maximum atomic E-state index is 12.0. The van der Waals surface area contributed by atoms with Crippen LogP contribution in [0.25, 0.3) is 0 Å². The highest BCUT2D eigenvalue weighted by Crippen LogP contribution is 2.26. The highest BCUT2D eigenvalue weighted by atomic mass is 16.2. The van der Waals surface area contributed by atoms with E-state index in [0.29, 0.717) is 6.54 Å². The summed E-state index contributed by atoms with van der Waals surface area (Å²) in [6.07, 6.45) is 1.17. The largest absolute Gasteiger partial charge is 0.339 e. The Balaban J connectivity index is 2.38. The minimum absolute atomic E-state index is 0.0982. The maximum Gasteiger partial charge on any atom is 0.249 e. The van der Waals surface area contributed by atoms with Crippen LogP contribution >= 0.6 is 0 Å². The van der Waals surface area contributed by atoms with Crippen molar-refractivity contribution in [2.75, 3.05) is 7.05 Å². The molecular weight excluding hydrogens is 216 g/mol. The first kappa shape index (κ1) is 11.4. The molecule has 1 N–H and O–H groups in total. The number of rotatable bonds is 2. The lowest BCUT2D eigenvalue weighted by molar-refractivity contribution is -0.136. The number of hydrogen-bond acceptors (Lipinski definition) is 2. The highest BCUT2D eigenvalue weighted by molar-refractivity contribution is 5.93. The molecular formula is C13H14N2O2. The summed E-state index contributed by atoms with van der Waals surface area (Å²) in [5.41, 5.74) is 1.93. The Hall–Kier alpha value is -2.10. The molecule has 2 amide bonds. The molecule has 0 fully saturated rings. The van der Waals surface area contributed by atoms with E-state index in [-0.39, 0.29) is 11.8 Å². The van der Waals surface area contributed by atoms with Crippen molar-refractivity contribution in [3.8, 4) is 0 Å². The van der Waals surface area contributed by atoms with E-state index in [4.69, 9.17) is 0 Å². The van der Waals surface area contributed by atoms with Crippen LogP contribution in [0, 0.1) is 0 Å². The zero-order chi connectivity index (χ0) is 12.4. The lowest BCUT2D eigenvalue weighted by Gasteiger charge is -2.31. The summed E-state index contributed by atoms with van der Waals surface area (Å²) in [4.78, 5) is 25.0. The molecule has 2 rings (SSSR count). The van der Waals surface area contributed by atoms with Gasteiger partial charge in [0, 0.05) is 13.6 Å². The SMILES string of the molecule is C=CC(=O)NC1C(=O)N(C)Cc2ccccc21. The van der Waals surface area contributed by atoms with Gasteiger partial charge in [-0.05, 0) is 17.2 Å². The average Bonchev–Trinajstić information content (AvgIpc) is 2.34. The number of benzene rings is 1. The molecule has 4 nitrogen and oxygen atoms in total. The summed E-state index contributed by atoms with van der Waals surface area (Å²) in [6, 6.07) is 7.02. The summed E-state index contributed by atoms with van der Waals surface area (Å²) in [7, 11) is 1.73. The van der Waals surface area contributed by atoms with Gasteiger partial charge in [-0.25, -0.2) is 0 Å². The molecule has 1 aliphatic rings. The zero-order valence-corrected chi connectivity index (χ0v) is 9.64. The van der Waals surface area contributed by atoms with Gasteiger partial charge >= 0.3 is 0 Å². The van der Waals surface area contributed by atoms with Crippen molar-refractivity contribution in [1.29, 1.82) is 0 Å². The Morgan fingerprint density at radius 2 is 2.24 bits per heavy atom. The molecule has 1 unspecified atom stereocenters. The van der Waals surface area contributed by atoms with Crippen LogP contribution < -0.4 is 5.32 Å². The van der Waals surface area contributed by atoms with E-state index in [2.05, 4.69) is 11.9 Å². The Morgan fingerprint density at radius 3 is 2.94 bits per heavy atom. The summed E-state index contributed by atoms with van der Waals surface area (Å²) < 4.78 is 0. The number of carbonyl (C=O) groups excluding carboxylic acids is 2. The third kappa shape index (κ3) is 2.06. The first-order valence-electron chi connectivity index (χ1n) is 5.39. The van der Waals surface area contributed by atoms with Crippen molar-refractivity contribution in [2.24, 2.45) is 0 Å². The topological polar surface area (TPSA) is 49.4 Å². The van der Waals surface area contributed by atoms with Gasteiger partial charge in [-0.1, -0.05) is 30.8 Å².